The molecule has 11 aromatic rings. The second kappa shape index (κ2) is 12.3. The smallest absolute Gasteiger partial charge is 0.160 e. The van der Waals surface area contributed by atoms with Crippen molar-refractivity contribution in [2.45, 2.75) is 19.3 Å². The highest BCUT2D eigenvalue weighted by atomic mass is 16.3. The highest BCUT2D eigenvalue weighted by molar-refractivity contribution is 6.11. The molecule has 0 aliphatic heterocycles. The summed E-state index contributed by atoms with van der Waals surface area (Å²) in [5.74, 6) is 0.715. The van der Waals surface area contributed by atoms with Crippen LogP contribution in [-0.2, 0) is 5.41 Å². The Kier molecular flexibility index (Phi) is 6.98. The summed E-state index contributed by atoms with van der Waals surface area (Å²) in [4.78, 5) is 10.5. The molecule has 3 heteroatoms. The summed E-state index contributed by atoms with van der Waals surface area (Å²) >= 11 is 0. The fourth-order valence-electron chi connectivity index (χ4n) is 9.36. The third-order valence-electron chi connectivity index (χ3n) is 12.4. The monoisotopic (exact) mass is 740 g/mol. The fourth-order valence-corrected chi connectivity index (χ4v) is 9.36. The van der Waals surface area contributed by atoms with Crippen LogP contribution in [0.25, 0.3) is 110 Å². The molecule has 272 valence electrons. The Morgan fingerprint density at radius 3 is 1.78 bits per heavy atom. The number of aromatic nitrogens is 2. The molecule has 3 nitrogen and oxygen atoms in total. The molecule has 0 radical (unpaired) electrons. The van der Waals surface area contributed by atoms with Gasteiger partial charge in [0, 0.05) is 32.9 Å². The van der Waals surface area contributed by atoms with E-state index in [1.54, 1.807) is 0 Å². The molecular weight excluding hydrogens is 705 g/mol. The molecule has 0 saturated heterocycles. The molecule has 0 bridgehead atoms. The maximum absolute atomic E-state index is 6.30. The van der Waals surface area contributed by atoms with E-state index in [2.05, 4.69) is 190 Å². The van der Waals surface area contributed by atoms with Gasteiger partial charge in [0.2, 0.25) is 0 Å². The average molecular weight is 741 g/mol. The van der Waals surface area contributed by atoms with E-state index in [0.29, 0.717) is 5.82 Å². The van der Waals surface area contributed by atoms with Gasteiger partial charge in [-0.15, -0.1) is 0 Å². The molecule has 0 N–H and O–H groups in total. The first-order valence-corrected chi connectivity index (χ1v) is 20.0. The lowest BCUT2D eigenvalue weighted by molar-refractivity contribution is 0.661. The molecule has 1 aliphatic rings. The Bertz CT molecular complexity index is 3480. The van der Waals surface area contributed by atoms with E-state index in [-0.39, 0.29) is 5.41 Å². The molecule has 0 fully saturated rings. The molecule has 58 heavy (non-hydrogen) atoms. The van der Waals surface area contributed by atoms with E-state index in [1.807, 2.05) is 6.07 Å². The Balaban J connectivity index is 0.974. The van der Waals surface area contributed by atoms with Crippen molar-refractivity contribution in [2.75, 3.05) is 0 Å². The van der Waals surface area contributed by atoms with Gasteiger partial charge in [0.25, 0.3) is 0 Å². The number of nitrogens with zero attached hydrogens (tertiary/aromatic N) is 2. The van der Waals surface area contributed by atoms with E-state index in [4.69, 9.17) is 14.4 Å². The molecule has 1 aliphatic carbocycles. The number of hydrogen-bond acceptors (Lipinski definition) is 3. The number of rotatable bonds is 4. The number of hydrogen-bond donors (Lipinski definition) is 0. The molecule has 12 rings (SSSR count). The van der Waals surface area contributed by atoms with Crippen LogP contribution < -0.4 is 0 Å². The normalized spacial score (nSPS) is 13.1. The summed E-state index contributed by atoms with van der Waals surface area (Å²) in [5, 5.41) is 9.52. The highest BCUT2D eigenvalue weighted by Gasteiger charge is 2.37. The van der Waals surface area contributed by atoms with Gasteiger partial charge in [-0.05, 0) is 120 Å². The molecule has 2 aromatic heterocycles. The highest BCUT2D eigenvalue weighted by Crippen LogP contribution is 2.53. The van der Waals surface area contributed by atoms with Crippen molar-refractivity contribution in [3.63, 3.8) is 0 Å². The summed E-state index contributed by atoms with van der Waals surface area (Å²) in [6.45, 7) is 4.69. The zero-order valence-electron chi connectivity index (χ0n) is 32.1. The van der Waals surface area contributed by atoms with E-state index >= 15 is 0 Å². The first-order valence-electron chi connectivity index (χ1n) is 20.0. The Morgan fingerprint density at radius 2 is 0.983 bits per heavy atom. The maximum Gasteiger partial charge on any atom is 0.160 e. The van der Waals surface area contributed by atoms with Crippen LogP contribution in [0.4, 0.5) is 0 Å². The van der Waals surface area contributed by atoms with Crippen molar-refractivity contribution in [3.8, 4) is 56.2 Å². The van der Waals surface area contributed by atoms with Gasteiger partial charge in [0.15, 0.2) is 5.82 Å². The van der Waals surface area contributed by atoms with Crippen LogP contribution in [0.15, 0.2) is 186 Å². The maximum atomic E-state index is 6.30. The van der Waals surface area contributed by atoms with Crippen LogP contribution in [0, 0.1) is 0 Å². The third kappa shape index (κ3) is 5.06. The summed E-state index contributed by atoms with van der Waals surface area (Å²) < 4.78 is 6.30. The van der Waals surface area contributed by atoms with Gasteiger partial charge in [-0.3, -0.25) is 0 Å². The quantitative estimate of drug-likeness (QED) is 0.180. The van der Waals surface area contributed by atoms with Crippen molar-refractivity contribution in [2.24, 2.45) is 0 Å². The fraction of sp³-hybridized carbons (Fsp3) is 0.0545. The van der Waals surface area contributed by atoms with Crippen molar-refractivity contribution < 1.29 is 4.42 Å². The Morgan fingerprint density at radius 1 is 0.379 bits per heavy atom. The second-order valence-electron chi connectivity index (χ2n) is 16.2. The molecule has 2 heterocycles. The first kappa shape index (κ1) is 32.8. The Hall–Kier alpha value is -7.36. The average Bonchev–Trinajstić information content (AvgIpc) is 3.74. The summed E-state index contributed by atoms with van der Waals surface area (Å²) in [5.41, 5.74) is 14.2. The van der Waals surface area contributed by atoms with Crippen LogP contribution in [0.1, 0.15) is 25.0 Å². The molecular formula is C55H36N2O. The van der Waals surface area contributed by atoms with Gasteiger partial charge < -0.3 is 4.42 Å². The van der Waals surface area contributed by atoms with Gasteiger partial charge in [0.05, 0.1) is 11.4 Å². The van der Waals surface area contributed by atoms with Crippen molar-refractivity contribution >= 4 is 54.3 Å². The number of benzene rings is 9. The van der Waals surface area contributed by atoms with E-state index < -0.39 is 0 Å². The molecule has 0 amide bonds. The lowest BCUT2D eigenvalue weighted by Crippen LogP contribution is -2.14. The number of furan rings is 1. The minimum atomic E-state index is -0.146. The zero-order chi connectivity index (χ0) is 38.5. The minimum absolute atomic E-state index is 0.146. The van der Waals surface area contributed by atoms with Crippen LogP contribution in [0.5, 0.6) is 0 Å². The SMILES string of the molecule is CC1(C)c2cc3ccccc3cc2-c2c(-c3cc(-c4ccc5cc(-c6ccc7oc8cc9ccccc9cc8c7c6)ccc5c4)nc(-c4ccccc4)n3)cccc21. The third-order valence-corrected chi connectivity index (χ3v) is 12.4. The summed E-state index contributed by atoms with van der Waals surface area (Å²) in [7, 11) is 0. The van der Waals surface area contributed by atoms with Gasteiger partial charge in [-0.2, -0.15) is 0 Å². The van der Waals surface area contributed by atoms with Crippen molar-refractivity contribution in [1.29, 1.82) is 0 Å². The van der Waals surface area contributed by atoms with Crippen LogP contribution in [0.2, 0.25) is 0 Å². The molecule has 9 aromatic carbocycles. The first-order chi connectivity index (χ1) is 28.4. The summed E-state index contributed by atoms with van der Waals surface area (Å²) in [6.07, 6.45) is 0. The lowest BCUT2D eigenvalue weighted by Gasteiger charge is -2.22. The van der Waals surface area contributed by atoms with Gasteiger partial charge in [-0.25, -0.2) is 9.97 Å². The lowest BCUT2D eigenvalue weighted by atomic mass is 9.81. The molecule has 0 saturated carbocycles. The largest absolute Gasteiger partial charge is 0.456 e. The van der Waals surface area contributed by atoms with Gasteiger partial charge in [-0.1, -0.05) is 141 Å². The van der Waals surface area contributed by atoms with Crippen LogP contribution in [-0.4, -0.2) is 9.97 Å². The summed E-state index contributed by atoms with van der Waals surface area (Å²) in [6, 6.07) is 65.4. The van der Waals surface area contributed by atoms with Crippen LogP contribution in [0.3, 0.4) is 0 Å². The zero-order valence-corrected chi connectivity index (χ0v) is 32.1. The predicted octanol–water partition coefficient (Wildman–Crippen LogP) is 14.8. The predicted molar refractivity (Wildman–Crippen MR) is 241 cm³/mol. The molecule has 0 spiro atoms. The van der Waals surface area contributed by atoms with Crippen LogP contribution >= 0.6 is 0 Å². The Labute approximate surface area is 335 Å². The van der Waals surface area contributed by atoms with Crippen molar-refractivity contribution in [1.82, 2.24) is 9.97 Å². The number of fused-ring (bicyclic) bond motifs is 9. The van der Waals surface area contributed by atoms with Gasteiger partial charge >= 0.3 is 0 Å². The van der Waals surface area contributed by atoms with E-state index in [1.165, 1.54) is 54.7 Å². The standard InChI is InChI=1S/C55H36N2O/c1-55(2)47-18-10-17-43(53(47)46-29-35-14-6-8-15-36(35)30-48(46)55)50-32-49(56-54(57-50)33-11-4-3-5-12-33)42-22-21-38-25-39(19-20-40(38)26-42)41-23-24-51-44(28-41)45-27-34-13-7-9-16-37(34)31-52(45)58-51/h3-32H,1-2H3. The van der Waals surface area contributed by atoms with Gasteiger partial charge in [0.1, 0.15) is 11.2 Å². The topological polar surface area (TPSA) is 38.9 Å². The second-order valence-corrected chi connectivity index (χ2v) is 16.2. The van der Waals surface area contributed by atoms with E-state index in [0.717, 1.165) is 61.0 Å². The van der Waals surface area contributed by atoms with Crippen molar-refractivity contribution in [3.05, 3.63) is 193 Å². The molecule has 0 atom stereocenters. The minimum Gasteiger partial charge on any atom is -0.456 e. The molecule has 0 unspecified atom stereocenters. The van der Waals surface area contributed by atoms with E-state index in [9.17, 15) is 0 Å².